The number of ether oxygens (including phenoxy) is 2. The summed E-state index contributed by atoms with van der Waals surface area (Å²) in [6, 6.07) is 6.43. The van der Waals surface area contributed by atoms with Crippen LogP contribution in [-0.4, -0.2) is 116 Å². The van der Waals surface area contributed by atoms with E-state index in [0.29, 0.717) is 19.5 Å². The SMILES string of the molecule is CC[C@H](C)[C@@H]([C@@H](CC(=O)N1CCC[C@H]1[C@H](OC)[C@@H](C)C(=O)NCCc1c[nH]c2ccccc12)OC)N(C)[C@H](C(=O)NC(=O)[C@@H](NC)C(C)C)C(C)C. The lowest BCUT2D eigenvalue weighted by Gasteiger charge is -2.43. The molecule has 8 atom stereocenters. The highest BCUT2D eigenvalue weighted by Gasteiger charge is 2.43. The van der Waals surface area contributed by atoms with Crippen LogP contribution in [0.1, 0.15) is 79.7 Å². The standard InChI is InChI=1S/C40H66N6O6/c1-12-26(6)36(45(9)35(25(4)5)40(50)44-39(49)34(41-8)24(2)3)32(51-10)22-33(47)46-21-15-18-31(46)37(52-11)27(7)38(48)42-20-19-28-23-43-30-17-14-13-16-29(28)30/h13-14,16-17,23-27,31-32,34-37,41,43H,12,15,18-22H2,1-11H3,(H,42,48)(H,44,49,50)/t26-,27+,31-,32+,34-,35-,36-,37+/m0/s1. The van der Waals surface area contributed by atoms with Gasteiger partial charge in [0, 0.05) is 50.5 Å². The Labute approximate surface area is 311 Å². The maximum absolute atomic E-state index is 14.2. The molecular weight excluding hydrogens is 660 g/mol. The van der Waals surface area contributed by atoms with Gasteiger partial charge in [0.15, 0.2) is 0 Å². The van der Waals surface area contributed by atoms with Crippen molar-refractivity contribution in [1.82, 2.24) is 30.7 Å². The molecule has 0 saturated carbocycles. The molecule has 2 aromatic rings. The number of amides is 4. The zero-order chi connectivity index (χ0) is 38.7. The third kappa shape index (κ3) is 10.4. The predicted molar refractivity (Wildman–Crippen MR) is 206 cm³/mol. The number of hydrogen-bond acceptors (Lipinski definition) is 8. The lowest BCUT2D eigenvalue weighted by atomic mass is 9.87. The van der Waals surface area contributed by atoms with E-state index in [1.165, 1.54) is 0 Å². The van der Waals surface area contributed by atoms with Crippen molar-refractivity contribution in [3.05, 3.63) is 36.0 Å². The molecule has 0 spiro atoms. The third-order valence-corrected chi connectivity index (χ3v) is 11.1. The summed E-state index contributed by atoms with van der Waals surface area (Å²) < 4.78 is 12.0. The molecule has 4 N–H and O–H groups in total. The fourth-order valence-corrected chi connectivity index (χ4v) is 8.20. The van der Waals surface area contributed by atoms with E-state index in [1.54, 1.807) is 21.3 Å². The van der Waals surface area contributed by atoms with Gasteiger partial charge < -0.3 is 30.0 Å². The van der Waals surface area contributed by atoms with Gasteiger partial charge in [-0.25, -0.2) is 0 Å². The first-order valence-electron chi connectivity index (χ1n) is 19.1. The van der Waals surface area contributed by atoms with Gasteiger partial charge in [-0.1, -0.05) is 73.1 Å². The van der Waals surface area contributed by atoms with E-state index in [1.807, 2.05) is 75.9 Å². The fourth-order valence-electron chi connectivity index (χ4n) is 8.20. The molecule has 1 fully saturated rings. The lowest BCUT2D eigenvalue weighted by molar-refractivity contribution is -0.144. The second kappa shape index (κ2) is 20.2. The number of likely N-dealkylation sites (N-methyl/N-ethyl adjacent to an activating group) is 2. The molecule has 0 unspecified atom stereocenters. The summed E-state index contributed by atoms with van der Waals surface area (Å²) in [5, 5.41) is 9.90. The van der Waals surface area contributed by atoms with E-state index in [0.717, 1.165) is 35.7 Å². The van der Waals surface area contributed by atoms with Crippen LogP contribution in [0.25, 0.3) is 10.9 Å². The van der Waals surface area contributed by atoms with Gasteiger partial charge in [0.1, 0.15) is 0 Å². The molecule has 1 aliphatic rings. The molecule has 0 aliphatic carbocycles. The number of hydrogen-bond donors (Lipinski definition) is 4. The van der Waals surface area contributed by atoms with Gasteiger partial charge in [-0.05, 0) is 62.7 Å². The monoisotopic (exact) mass is 727 g/mol. The van der Waals surface area contributed by atoms with Crippen LogP contribution in [0, 0.1) is 23.7 Å². The van der Waals surface area contributed by atoms with Gasteiger partial charge in [-0.3, -0.25) is 29.4 Å². The Morgan fingerprint density at radius 3 is 2.27 bits per heavy atom. The van der Waals surface area contributed by atoms with E-state index in [-0.39, 0.29) is 59.9 Å². The number of benzene rings is 1. The van der Waals surface area contributed by atoms with Crippen molar-refractivity contribution in [3.8, 4) is 0 Å². The highest BCUT2D eigenvalue weighted by Crippen LogP contribution is 2.30. The Bertz CT molecular complexity index is 1460. The van der Waals surface area contributed by atoms with Crippen LogP contribution in [0.3, 0.4) is 0 Å². The number of carbonyl (C=O) groups excluding carboxylic acids is 4. The zero-order valence-electron chi connectivity index (χ0n) is 33.5. The summed E-state index contributed by atoms with van der Waals surface area (Å²) in [7, 11) is 6.81. The van der Waals surface area contributed by atoms with Gasteiger partial charge in [0.25, 0.3) is 0 Å². The minimum atomic E-state index is -0.631. The van der Waals surface area contributed by atoms with E-state index >= 15 is 0 Å². The van der Waals surface area contributed by atoms with E-state index in [9.17, 15) is 19.2 Å². The number of likely N-dealkylation sites (tertiary alicyclic amines) is 1. The largest absolute Gasteiger partial charge is 0.379 e. The molecule has 12 nitrogen and oxygen atoms in total. The minimum Gasteiger partial charge on any atom is -0.379 e. The number of fused-ring (bicyclic) bond motifs is 1. The Balaban J connectivity index is 1.72. The van der Waals surface area contributed by atoms with Crippen LogP contribution in [0.2, 0.25) is 0 Å². The normalized spacial score (nSPS) is 19.0. The van der Waals surface area contributed by atoms with Crippen molar-refractivity contribution in [3.63, 3.8) is 0 Å². The summed E-state index contributed by atoms with van der Waals surface area (Å²) in [5.74, 6) is -1.42. The van der Waals surface area contributed by atoms with Crippen LogP contribution in [-0.2, 0) is 35.1 Å². The first kappa shape index (κ1) is 43.1. The molecule has 1 aliphatic heterocycles. The summed E-state index contributed by atoms with van der Waals surface area (Å²) in [6.07, 6.45) is 4.13. The maximum atomic E-state index is 14.2. The Morgan fingerprint density at radius 2 is 1.67 bits per heavy atom. The molecule has 52 heavy (non-hydrogen) atoms. The summed E-state index contributed by atoms with van der Waals surface area (Å²) >= 11 is 0. The number of para-hydroxylation sites is 1. The number of nitrogens with one attached hydrogen (secondary N) is 4. The van der Waals surface area contributed by atoms with Crippen LogP contribution >= 0.6 is 0 Å². The highest BCUT2D eigenvalue weighted by molar-refractivity contribution is 6.00. The van der Waals surface area contributed by atoms with Crippen molar-refractivity contribution >= 4 is 34.5 Å². The summed E-state index contributed by atoms with van der Waals surface area (Å²) in [4.78, 5) is 61.5. The van der Waals surface area contributed by atoms with Gasteiger partial charge in [0.2, 0.25) is 23.6 Å². The zero-order valence-corrected chi connectivity index (χ0v) is 33.5. The van der Waals surface area contributed by atoms with Crippen molar-refractivity contribution in [1.29, 1.82) is 0 Å². The highest BCUT2D eigenvalue weighted by atomic mass is 16.5. The molecule has 1 aromatic heterocycles. The van der Waals surface area contributed by atoms with E-state index in [2.05, 4.69) is 40.8 Å². The lowest BCUT2D eigenvalue weighted by Crippen LogP contribution is -2.60. The van der Waals surface area contributed by atoms with Crippen molar-refractivity contribution in [2.24, 2.45) is 23.7 Å². The first-order valence-corrected chi connectivity index (χ1v) is 19.1. The molecule has 292 valence electrons. The average Bonchev–Trinajstić information content (AvgIpc) is 3.75. The second-order valence-corrected chi connectivity index (χ2v) is 15.3. The van der Waals surface area contributed by atoms with E-state index in [4.69, 9.17) is 9.47 Å². The summed E-state index contributed by atoms with van der Waals surface area (Å²) in [5.41, 5.74) is 2.22. The van der Waals surface area contributed by atoms with Crippen molar-refractivity contribution in [2.45, 2.75) is 117 Å². The smallest absolute Gasteiger partial charge is 0.244 e. The Kier molecular flexibility index (Phi) is 16.8. The van der Waals surface area contributed by atoms with Crippen LogP contribution in [0.15, 0.2) is 30.5 Å². The molecule has 0 bridgehead atoms. The van der Waals surface area contributed by atoms with Crippen molar-refractivity contribution in [2.75, 3.05) is 41.4 Å². The molecule has 12 heteroatoms. The molecule has 3 rings (SSSR count). The van der Waals surface area contributed by atoms with Crippen LogP contribution in [0.5, 0.6) is 0 Å². The fraction of sp³-hybridized carbons (Fsp3) is 0.700. The number of H-pyrrole nitrogens is 1. The Hall–Kier alpha value is -3.32. The number of carbonyl (C=O) groups is 4. The average molecular weight is 727 g/mol. The van der Waals surface area contributed by atoms with Gasteiger partial charge in [-0.15, -0.1) is 0 Å². The number of methoxy groups -OCH3 is 2. The second-order valence-electron chi connectivity index (χ2n) is 15.3. The number of imide groups is 1. The molecule has 4 amide bonds. The molecule has 0 radical (unpaired) electrons. The number of aromatic amines is 1. The third-order valence-electron chi connectivity index (χ3n) is 11.1. The molecule has 1 aromatic carbocycles. The van der Waals surface area contributed by atoms with Gasteiger partial charge >= 0.3 is 0 Å². The van der Waals surface area contributed by atoms with Crippen LogP contribution in [0.4, 0.5) is 0 Å². The van der Waals surface area contributed by atoms with E-state index < -0.39 is 30.2 Å². The molecule has 2 heterocycles. The van der Waals surface area contributed by atoms with Gasteiger partial charge in [-0.2, -0.15) is 0 Å². The minimum absolute atomic E-state index is 0.00486. The first-order chi connectivity index (χ1) is 24.7. The topological polar surface area (TPSA) is 145 Å². The van der Waals surface area contributed by atoms with Gasteiger partial charge in [0.05, 0.1) is 42.7 Å². The number of nitrogens with zero attached hydrogens (tertiary/aromatic N) is 2. The Morgan fingerprint density at radius 1 is 0.981 bits per heavy atom. The number of aromatic nitrogens is 1. The number of rotatable bonds is 20. The van der Waals surface area contributed by atoms with Crippen molar-refractivity contribution < 1.29 is 28.7 Å². The maximum Gasteiger partial charge on any atom is 0.244 e. The molecular formula is C40H66N6O6. The quantitative estimate of drug-likeness (QED) is 0.160. The predicted octanol–water partition coefficient (Wildman–Crippen LogP) is 4.13. The van der Waals surface area contributed by atoms with Crippen LogP contribution < -0.4 is 16.0 Å². The molecule has 1 saturated heterocycles. The summed E-state index contributed by atoms with van der Waals surface area (Å²) in [6.45, 7) is 14.9.